The zero-order chi connectivity index (χ0) is 16.1. The Kier molecular flexibility index (Phi) is 4.41. The van der Waals surface area contributed by atoms with Gasteiger partial charge in [0.2, 0.25) is 5.91 Å². The van der Waals surface area contributed by atoms with E-state index in [1.165, 1.54) is 18.7 Å². The second kappa shape index (κ2) is 6.82. The van der Waals surface area contributed by atoms with E-state index in [-0.39, 0.29) is 5.91 Å². The molecule has 0 aliphatic heterocycles. The summed E-state index contributed by atoms with van der Waals surface area (Å²) in [5, 5.41) is 6.65. The van der Waals surface area contributed by atoms with Crippen LogP contribution in [0.5, 0.6) is 0 Å². The predicted octanol–water partition coefficient (Wildman–Crippen LogP) is 2.02. The zero-order valence-electron chi connectivity index (χ0n) is 12.3. The van der Waals surface area contributed by atoms with Gasteiger partial charge >= 0.3 is 0 Å². The Bertz CT molecular complexity index is 769. The molecule has 3 aromatic rings. The summed E-state index contributed by atoms with van der Waals surface area (Å²) in [6.07, 6.45) is 8.74. The highest BCUT2D eigenvalue weighted by atomic mass is 19.1. The normalized spacial score (nSPS) is 10.7. The SMILES string of the molecule is O=C(CCCn1cncn1)Nc1ccc(-n2ccnc2)c(F)c1. The number of aromatic nitrogens is 5. The van der Waals surface area contributed by atoms with Crippen molar-refractivity contribution in [1.82, 2.24) is 24.3 Å². The van der Waals surface area contributed by atoms with Gasteiger partial charge in [-0.3, -0.25) is 9.48 Å². The molecular weight excluding hydrogens is 299 g/mol. The first-order valence-corrected chi connectivity index (χ1v) is 7.12. The monoisotopic (exact) mass is 314 g/mol. The molecule has 2 aromatic heterocycles. The Hall–Kier alpha value is -3.03. The molecule has 2 heterocycles. The number of aryl methyl sites for hydroxylation is 1. The maximum absolute atomic E-state index is 14.1. The van der Waals surface area contributed by atoms with E-state index in [1.807, 2.05) is 0 Å². The van der Waals surface area contributed by atoms with Gasteiger partial charge in [0, 0.05) is 31.0 Å². The van der Waals surface area contributed by atoms with Gasteiger partial charge in [-0.15, -0.1) is 0 Å². The minimum Gasteiger partial charge on any atom is -0.326 e. The second-order valence-electron chi connectivity index (χ2n) is 4.95. The predicted molar refractivity (Wildman–Crippen MR) is 81.4 cm³/mol. The molecule has 0 saturated carbocycles. The van der Waals surface area contributed by atoms with Gasteiger partial charge < -0.3 is 9.88 Å². The third kappa shape index (κ3) is 3.79. The van der Waals surface area contributed by atoms with E-state index in [2.05, 4.69) is 20.4 Å². The Labute approximate surface area is 131 Å². The number of carbonyl (C=O) groups excluding carboxylic acids is 1. The van der Waals surface area contributed by atoms with Crippen LogP contribution in [0.2, 0.25) is 0 Å². The molecule has 0 fully saturated rings. The highest BCUT2D eigenvalue weighted by molar-refractivity contribution is 5.90. The van der Waals surface area contributed by atoms with Crippen LogP contribution in [-0.4, -0.2) is 30.2 Å². The Balaban J connectivity index is 1.55. The number of amides is 1. The van der Waals surface area contributed by atoms with E-state index >= 15 is 0 Å². The number of halogens is 1. The fourth-order valence-electron chi connectivity index (χ4n) is 2.17. The molecule has 0 spiro atoms. The molecule has 8 heteroatoms. The lowest BCUT2D eigenvalue weighted by atomic mass is 10.2. The van der Waals surface area contributed by atoms with E-state index < -0.39 is 5.82 Å². The average Bonchev–Trinajstić information content (AvgIpc) is 3.20. The van der Waals surface area contributed by atoms with Gasteiger partial charge in [0.1, 0.15) is 18.5 Å². The summed E-state index contributed by atoms with van der Waals surface area (Å²) < 4.78 is 17.3. The quantitative estimate of drug-likeness (QED) is 0.755. The van der Waals surface area contributed by atoms with Crippen LogP contribution < -0.4 is 5.32 Å². The minimum atomic E-state index is -0.427. The molecule has 0 aliphatic carbocycles. The van der Waals surface area contributed by atoms with E-state index in [9.17, 15) is 9.18 Å². The standard InChI is InChI=1S/C15H15FN6O/c16-13-8-12(3-4-14(13)21-7-5-17-10-21)20-15(23)2-1-6-22-11-18-9-19-22/h3-5,7-11H,1-2,6H2,(H,20,23). The number of hydrogen-bond donors (Lipinski definition) is 1. The van der Waals surface area contributed by atoms with Crippen LogP contribution in [0, 0.1) is 5.82 Å². The summed E-state index contributed by atoms with van der Waals surface area (Å²) >= 11 is 0. The number of rotatable bonds is 6. The number of imidazole rings is 1. The van der Waals surface area contributed by atoms with E-state index in [0.29, 0.717) is 30.8 Å². The average molecular weight is 314 g/mol. The molecule has 118 valence electrons. The first kappa shape index (κ1) is 14.9. The summed E-state index contributed by atoms with van der Waals surface area (Å²) in [5.74, 6) is -0.594. The Morgan fingerprint density at radius 2 is 2.17 bits per heavy atom. The maximum Gasteiger partial charge on any atom is 0.224 e. The van der Waals surface area contributed by atoms with Crippen molar-refractivity contribution >= 4 is 11.6 Å². The number of hydrogen-bond acceptors (Lipinski definition) is 4. The van der Waals surface area contributed by atoms with Gasteiger partial charge in [0.25, 0.3) is 0 Å². The van der Waals surface area contributed by atoms with Gasteiger partial charge in [0.05, 0.1) is 12.0 Å². The van der Waals surface area contributed by atoms with Gasteiger partial charge in [0.15, 0.2) is 0 Å². The third-order valence-electron chi connectivity index (χ3n) is 3.27. The largest absolute Gasteiger partial charge is 0.326 e. The molecule has 1 aromatic carbocycles. The molecule has 1 amide bonds. The lowest BCUT2D eigenvalue weighted by molar-refractivity contribution is -0.116. The van der Waals surface area contributed by atoms with Crippen molar-refractivity contribution in [3.05, 3.63) is 55.4 Å². The van der Waals surface area contributed by atoms with Crippen molar-refractivity contribution in [1.29, 1.82) is 0 Å². The minimum absolute atomic E-state index is 0.167. The molecule has 0 saturated heterocycles. The lowest BCUT2D eigenvalue weighted by Gasteiger charge is -2.08. The summed E-state index contributed by atoms with van der Waals surface area (Å²) in [7, 11) is 0. The number of benzene rings is 1. The highest BCUT2D eigenvalue weighted by Crippen LogP contribution is 2.18. The fraction of sp³-hybridized carbons (Fsp3) is 0.200. The molecule has 0 unspecified atom stereocenters. The first-order chi connectivity index (χ1) is 11.2. The number of anilines is 1. The van der Waals surface area contributed by atoms with Crippen molar-refractivity contribution in [3.63, 3.8) is 0 Å². The van der Waals surface area contributed by atoms with Crippen molar-refractivity contribution < 1.29 is 9.18 Å². The first-order valence-electron chi connectivity index (χ1n) is 7.12. The summed E-state index contributed by atoms with van der Waals surface area (Å²) in [6, 6.07) is 4.56. The second-order valence-corrected chi connectivity index (χ2v) is 4.95. The van der Waals surface area contributed by atoms with Crippen LogP contribution in [0.1, 0.15) is 12.8 Å². The Morgan fingerprint density at radius 3 is 2.87 bits per heavy atom. The highest BCUT2D eigenvalue weighted by Gasteiger charge is 2.08. The molecular formula is C15H15FN6O. The summed E-state index contributed by atoms with van der Waals surface area (Å²) in [5.41, 5.74) is 0.809. The van der Waals surface area contributed by atoms with Gasteiger partial charge in [-0.05, 0) is 24.6 Å². The molecule has 0 atom stereocenters. The van der Waals surface area contributed by atoms with Gasteiger partial charge in [-0.2, -0.15) is 5.10 Å². The fourth-order valence-corrected chi connectivity index (χ4v) is 2.17. The van der Waals surface area contributed by atoms with Gasteiger partial charge in [-0.25, -0.2) is 14.4 Å². The van der Waals surface area contributed by atoms with Crippen molar-refractivity contribution in [2.45, 2.75) is 19.4 Å². The molecule has 0 radical (unpaired) electrons. The maximum atomic E-state index is 14.1. The van der Waals surface area contributed by atoms with Crippen molar-refractivity contribution in [2.75, 3.05) is 5.32 Å². The topological polar surface area (TPSA) is 77.6 Å². The zero-order valence-corrected chi connectivity index (χ0v) is 12.3. The molecule has 0 aliphatic rings. The molecule has 3 rings (SSSR count). The van der Waals surface area contributed by atoms with Gasteiger partial charge in [-0.1, -0.05) is 0 Å². The third-order valence-corrected chi connectivity index (χ3v) is 3.27. The van der Waals surface area contributed by atoms with Crippen molar-refractivity contribution in [2.24, 2.45) is 0 Å². The van der Waals surface area contributed by atoms with Crippen LogP contribution in [0.25, 0.3) is 5.69 Å². The number of carbonyl (C=O) groups is 1. The molecule has 7 nitrogen and oxygen atoms in total. The number of nitrogens with zero attached hydrogens (tertiary/aromatic N) is 5. The number of nitrogens with one attached hydrogen (secondary N) is 1. The molecule has 0 bridgehead atoms. The van der Waals surface area contributed by atoms with Crippen molar-refractivity contribution in [3.8, 4) is 5.69 Å². The summed E-state index contributed by atoms with van der Waals surface area (Å²) in [4.78, 5) is 19.6. The smallest absolute Gasteiger partial charge is 0.224 e. The Morgan fingerprint density at radius 1 is 1.26 bits per heavy atom. The van der Waals surface area contributed by atoms with Crippen LogP contribution in [0.15, 0.2) is 49.6 Å². The van der Waals surface area contributed by atoms with Crippen LogP contribution in [0.3, 0.4) is 0 Å². The van der Waals surface area contributed by atoms with E-state index in [0.717, 1.165) is 0 Å². The summed E-state index contributed by atoms with van der Waals surface area (Å²) in [6.45, 7) is 0.612. The van der Waals surface area contributed by atoms with Crippen LogP contribution in [0.4, 0.5) is 10.1 Å². The molecule has 23 heavy (non-hydrogen) atoms. The van der Waals surface area contributed by atoms with E-state index in [4.69, 9.17) is 0 Å². The molecule has 1 N–H and O–H groups in total. The van der Waals surface area contributed by atoms with Crippen LogP contribution in [-0.2, 0) is 11.3 Å². The van der Waals surface area contributed by atoms with E-state index in [1.54, 1.807) is 40.1 Å². The lowest BCUT2D eigenvalue weighted by Crippen LogP contribution is -2.13. The van der Waals surface area contributed by atoms with Crippen LogP contribution >= 0.6 is 0 Å².